The lowest BCUT2D eigenvalue weighted by molar-refractivity contribution is -0.135. The van der Waals surface area contributed by atoms with Crippen molar-refractivity contribution in [3.63, 3.8) is 0 Å². The van der Waals surface area contributed by atoms with Crippen LogP contribution >= 0.6 is 0 Å². The van der Waals surface area contributed by atoms with Crippen LogP contribution in [0.2, 0.25) is 0 Å². The Morgan fingerprint density at radius 2 is 2.18 bits per heavy atom. The van der Waals surface area contributed by atoms with Crippen LogP contribution in [0.4, 0.5) is 5.82 Å². The predicted molar refractivity (Wildman–Crippen MR) is 62.9 cm³/mol. The summed E-state index contributed by atoms with van der Waals surface area (Å²) in [5.74, 6) is -1.09. The number of hydrogen-bond acceptors (Lipinski definition) is 4. The number of rotatable bonds is 5. The minimum absolute atomic E-state index is 0.0401. The lowest BCUT2D eigenvalue weighted by Crippen LogP contribution is -2.36. The third-order valence-corrected chi connectivity index (χ3v) is 2.25. The van der Waals surface area contributed by atoms with Crippen molar-refractivity contribution in [2.24, 2.45) is 5.73 Å². The molecule has 3 N–H and O–H groups in total. The van der Waals surface area contributed by atoms with E-state index in [2.05, 4.69) is 4.98 Å². The molecule has 0 unspecified atom stereocenters. The highest BCUT2D eigenvalue weighted by Crippen LogP contribution is 2.15. The maximum atomic E-state index is 11.0. The second kappa shape index (κ2) is 5.29. The monoisotopic (exact) mass is 237 g/mol. The topological polar surface area (TPSA) is 96.5 Å². The number of amides is 1. The van der Waals surface area contributed by atoms with Crippen molar-refractivity contribution < 1.29 is 14.7 Å². The summed E-state index contributed by atoms with van der Waals surface area (Å²) >= 11 is 0. The molecule has 1 rings (SSSR count). The summed E-state index contributed by atoms with van der Waals surface area (Å²) in [5, 5.41) is 8.81. The summed E-state index contributed by atoms with van der Waals surface area (Å²) in [5.41, 5.74) is 5.47. The third-order valence-electron chi connectivity index (χ3n) is 2.25. The molecule has 0 saturated carbocycles. The van der Waals surface area contributed by atoms with E-state index in [4.69, 9.17) is 10.8 Å². The van der Waals surface area contributed by atoms with Gasteiger partial charge in [-0.3, -0.25) is 9.59 Å². The van der Waals surface area contributed by atoms with Crippen molar-refractivity contribution in [3.8, 4) is 0 Å². The zero-order valence-corrected chi connectivity index (χ0v) is 9.75. The Morgan fingerprint density at radius 3 is 2.65 bits per heavy atom. The van der Waals surface area contributed by atoms with Crippen LogP contribution < -0.4 is 10.6 Å². The molecule has 0 aromatic carbocycles. The molecule has 0 aliphatic heterocycles. The van der Waals surface area contributed by atoms with Crippen LogP contribution in [0.3, 0.4) is 0 Å². The molecule has 17 heavy (non-hydrogen) atoms. The molecule has 1 aromatic heterocycles. The summed E-state index contributed by atoms with van der Waals surface area (Å²) in [6.45, 7) is 3.52. The molecule has 1 heterocycles. The molecule has 1 amide bonds. The minimum Gasteiger partial charge on any atom is -0.480 e. The van der Waals surface area contributed by atoms with Gasteiger partial charge in [-0.25, -0.2) is 4.98 Å². The van der Waals surface area contributed by atoms with E-state index >= 15 is 0 Å². The van der Waals surface area contributed by atoms with Crippen LogP contribution in [0.1, 0.15) is 24.2 Å². The van der Waals surface area contributed by atoms with Crippen LogP contribution in [-0.2, 0) is 4.79 Å². The van der Waals surface area contributed by atoms with Gasteiger partial charge in [-0.15, -0.1) is 0 Å². The largest absolute Gasteiger partial charge is 0.480 e. The molecule has 6 heteroatoms. The second-order valence-electron chi connectivity index (χ2n) is 3.88. The fourth-order valence-electron chi connectivity index (χ4n) is 1.40. The Kier molecular flexibility index (Phi) is 4.03. The number of aliphatic carboxylic acids is 1. The van der Waals surface area contributed by atoms with Gasteiger partial charge in [0.15, 0.2) is 0 Å². The van der Waals surface area contributed by atoms with E-state index in [0.717, 1.165) is 0 Å². The van der Waals surface area contributed by atoms with E-state index in [9.17, 15) is 9.59 Å². The molecular weight excluding hydrogens is 222 g/mol. The maximum absolute atomic E-state index is 11.0. The van der Waals surface area contributed by atoms with Gasteiger partial charge in [-0.05, 0) is 26.0 Å². The van der Waals surface area contributed by atoms with Crippen LogP contribution in [0, 0.1) is 0 Å². The van der Waals surface area contributed by atoms with Gasteiger partial charge >= 0.3 is 5.97 Å². The Morgan fingerprint density at radius 1 is 1.53 bits per heavy atom. The summed E-state index contributed by atoms with van der Waals surface area (Å²) < 4.78 is 0. The van der Waals surface area contributed by atoms with Gasteiger partial charge in [-0.1, -0.05) is 0 Å². The lowest BCUT2D eigenvalue weighted by Gasteiger charge is -2.26. The van der Waals surface area contributed by atoms with E-state index in [1.165, 1.54) is 18.3 Å². The third kappa shape index (κ3) is 3.44. The maximum Gasteiger partial charge on any atom is 0.323 e. The standard InChI is InChI=1S/C11H15N3O3/c1-7(2)14(6-10(15)16)9-5-8(11(12)17)3-4-13-9/h3-5,7H,6H2,1-2H3,(H2,12,17)(H,15,16). The molecule has 92 valence electrons. The first-order chi connectivity index (χ1) is 7.91. The molecule has 0 spiro atoms. The van der Waals surface area contributed by atoms with Crippen LogP contribution in [-0.4, -0.2) is 34.6 Å². The van der Waals surface area contributed by atoms with Crippen LogP contribution in [0.15, 0.2) is 18.3 Å². The average molecular weight is 237 g/mol. The van der Waals surface area contributed by atoms with Gasteiger partial charge in [0.25, 0.3) is 0 Å². The van der Waals surface area contributed by atoms with Gasteiger partial charge in [0.2, 0.25) is 5.91 Å². The number of carboxylic acid groups (broad SMARTS) is 1. The molecule has 0 radical (unpaired) electrons. The van der Waals surface area contributed by atoms with Crippen molar-refractivity contribution in [2.75, 3.05) is 11.4 Å². The molecule has 0 aliphatic rings. The number of nitrogens with two attached hydrogens (primary N) is 1. The van der Waals surface area contributed by atoms with Gasteiger partial charge in [-0.2, -0.15) is 0 Å². The highest BCUT2D eigenvalue weighted by atomic mass is 16.4. The predicted octanol–water partition coefficient (Wildman–Crippen LogP) is 0.480. The van der Waals surface area contributed by atoms with E-state index in [1.807, 2.05) is 13.8 Å². The number of nitrogens with zero attached hydrogens (tertiary/aromatic N) is 2. The molecule has 0 saturated heterocycles. The zero-order chi connectivity index (χ0) is 13.0. The molecule has 0 atom stereocenters. The van der Waals surface area contributed by atoms with Crippen molar-refractivity contribution in [1.82, 2.24) is 4.98 Å². The van der Waals surface area contributed by atoms with Gasteiger partial charge < -0.3 is 15.7 Å². The minimum atomic E-state index is -0.954. The smallest absolute Gasteiger partial charge is 0.323 e. The van der Waals surface area contributed by atoms with E-state index in [1.54, 1.807) is 4.90 Å². The van der Waals surface area contributed by atoms with Crippen molar-refractivity contribution in [2.45, 2.75) is 19.9 Å². The highest BCUT2D eigenvalue weighted by Gasteiger charge is 2.16. The van der Waals surface area contributed by atoms with E-state index in [0.29, 0.717) is 11.4 Å². The molecule has 0 fully saturated rings. The summed E-state index contributed by atoms with van der Waals surface area (Å²) in [6.07, 6.45) is 1.44. The number of carboxylic acids is 1. The molecule has 0 bridgehead atoms. The molecule has 0 aliphatic carbocycles. The number of aromatic nitrogens is 1. The molecule has 6 nitrogen and oxygen atoms in total. The number of anilines is 1. The Hall–Kier alpha value is -2.11. The highest BCUT2D eigenvalue weighted by molar-refractivity contribution is 5.93. The number of carbonyl (C=O) groups is 2. The molecule has 1 aromatic rings. The summed E-state index contributed by atoms with van der Waals surface area (Å²) in [4.78, 5) is 27.4. The number of primary amides is 1. The van der Waals surface area contributed by atoms with Crippen LogP contribution in [0.5, 0.6) is 0 Å². The number of pyridine rings is 1. The first-order valence-corrected chi connectivity index (χ1v) is 5.16. The van der Waals surface area contributed by atoms with Gasteiger partial charge in [0.05, 0.1) is 0 Å². The summed E-state index contributed by atoms with van der Waals surface area (Å²) in [7, 11) is 0. The number of hydrogen-bond donors (Lipinski definition) is 2. The normalized spacial score (nSPS) is 10.3. The van der Waals surface area contributed by atoms with Gasteiger partial charge in [0, 0.05) is 17.8 Å². The lowest BCUT2D eigenvalue weighted by atomic mass is 10.2. The Balaban J connectivity index is 3.05. The van der Waals surface area contributed by atoms with Crippen molar-refractivity contribution in [1.29, 1.82) is 0 Å². The number of carbonyl (C=O) groups excluding carboxylic acids is 1. The first kappa shape index (κ1) is 13.0. The fraction of sp³-hybridized carbons (Fsp3) is 0.364. The quantitative estimate of drug-likeness (QED) is 0.776. The summed E-state index contributed by atoms with van der Waals surface area (Å²) in [6, 6.07) is 2.94. The van der Waals surface area contributed by atoms with Gasteiger partial charge in [0.1, 0.15) is 12.4 Å². The van der Waals surface area contributed by atoms with E-state index < -0.39 is 11.9 Å². The Bertz CT molecular complexity index is 432. The van der Waals surface area contributed by atoms with E-state index in [-0.39, 0.29) is 12.6 Å². The zero-order valence-electron chi connectivity index (χ0n) is 9.75. The van der Waals surface area contributed by atoms with Crippen molar-refractivity contribution >= 4 is 17.7 Å². The first-order valence-electron chi connectivity index (χ1n) is 5.16. The SMILES string of the molecule is CC(C)N(CC(=O)O)c1cc(C(N)=O)ccn1. The van der Waals surface area contributed by atoms with Crippen LogP contribution in [0.25, 0.3) is 0 Å². The second-order valence-corrected chi connectivity index (χ2v) is 3.88. The van der Waals surface area contributed by atoms with Crippen molar-refractivity contribution in [3.05, 3.63) is 23.9 Å². The molecular formula is C11H15N3O3. The Labute approximate surface area is 99.1 Å². The average Bonchev–Trinajstić information content (AvgIpc) is 2.25. The fourth-order valence-corrected chi connectivity index (χ4v) is 1.40.